The zero-order valence-corrected chi connectivity index (χ0v) is 14.7. The molecule has 8 heteroatoms. The first kappa shape index (κ1) is 18.7. The number of thioether (sulfide) groups is 1. The van der Waals surface area contributed by atoms with E-state index in [1.165, 1.54) is 23.1 Å². The maximum absolute atomic E-state index is 13.3. The second-order valence-electron chi connectivity index (χ2n) is 5.91. The summed E-state index contributed by atoms with van der Waals surface area (Å²) in [6, 6.07) is 8.43. The molecule has 4 nitrogen and oxygen atoms in total. The van der Waals surface area contributed by atoms with Gasteiger partial charge in [0.15, 0.2) is 0 Å². The Morgan fingerprint density at radius 3 is 2.69 bits per heavy atom. The number of aromatic nitrogens is 1. The fourth-order valence-electron chi connectivity index (χ4n) is 3.12. The number of alkyl halides is 3. The lowest BCUT2D eigenvalue weighted by molar-refractivity contribution is -0.139. The molecule has 1 aliphatic rings. The van der Waals surface area contributed by atoms with Crippen molar-refractivity contribution < 1.29 is 23.1 Å². The van der Waals surface area contributed by atoms with Crippen molar-refractivity contribution in [1.82, 2.24) is 4.98 Å². The van der Waals surface area contributed by atoms with E-state index >= 15 is 0 Å². The smallest absolute Gasteiger partial charge is 0.387 e. The topological polar surface area (TPSA) is 53.4 Å². The normalized spacial score (nSPS) is 16.3. The molecule has 0 aliphatic carbocycles. The summed E-state index contributed by atoms with van der Waals surface area (Å²) in [5.74, 6) is 0.0623. The number of rotatable bonds is 4. The zero-order chi connectivity index (χ0) is 18.9. The molecule has 0 saturated heterocycles. The van der Waals surface area contributed by atoms with Gasteiger partial charge in [-0.1, -0.05) is 24.3 Å². The van der Waals surface area contributed by atoms with Crippen molar-refractivity contribution in [2.45, 2.75) is 24.0 Å². The third kappa shape index (κ3) is 3.43. The Bertz CT molecular complexity index is 813. The highest BCUT2D eigenvalue weighted by atomic mass is 32.2. The summed E-state index contributed by atoms with van der Waals surface area (Å²) < 4.78 is 39.8. The van der Waals surface area contributed by atoms with E-state index < -0.39 is 29.0 Å². The van der Waals surface area contributed by atoms with E-state index in [1.807, 2.05) is 6.07 Å². The van der Waals surface area contributed by atoms with Gasteiger partial charge in [-0.2, -0.15) is 13.2 Å². The van der Waals surface area contributed by atoms with Gasteiger partial charge in [0.2, 0.25) is 5.91 Å². The first-order valence-corrected chi connectivity index (χ1v) is 9.25. The third-order valence-electron chi connectivity index (χ3n) is 4.36. The fraction of sp³-hybridized carbons (Fsp3) is 0.333. The number of aliphatic hydroxyl groups excluding tert-OH is 1. The van der Waals surface area contributed by atoms with Gasteiger partial charge in [0, 0.05) is 12.7 Å². The Balaban J connectivity index is 1.92. The number of halogens is 3. The monoisotopic (exact) mass is 382 g/mol. The summed E-state index contributed by atoms with van der Waals surface area (Å²) in [6.45, 7) is 0.399. The van der Waals surface area contributed by atoms with Gasteiger partial charge in [-0.25, -0.2) is 4.98 Å². The molecule has 26 heavy (non-hydrogen) atoms. The highest BCUT2D eigenvalue weighted by molar-refractivity contribution is 8.00. The van der Waals surface area contributed by atoms with Crippen LogP contribution in [0.3, 0.4) is 0 Å². The molecule has 0 bridgehead atoms. The summed E-state index contributed by atoms with van der Waals surface area (Å²) in [5, 5.41) is 9.55. The number of fused-ring (bicyclic) bond motifs is 1. The molecular weight excluding hydrogens is 365 g/mol. The lowest BCUT2D eigenvalue weighted by Gasteiger charge is -2.27. The standard InChI is InChI=1S/C18H17F3N2O2S/c1-26-15(14(24)12-6-2-3-7-13(12)18(19,20)21)17(25)23-10-8-11-5-4-9-22-16(11)23/h2-7,9,14-15,24H,8,10H2,1H3/t14-,15-/m1/s1. The number of carbonyl (C=O) groups excluding carboxylic acids is 1. The van der Waals surface area contributed by atoms with Gasteiger partial charge in [0.05, 0.1) is 5.56 Å². The number of amides is 1. The van der Waals surface area contributed by atoms with Gasteiger partial charge in [-0.05, 0) is 35.9 Å². The van der Waals surface area contributed by atoms with Crippen molar-refractivity contribution in [2.24, 2.45) is 0 Å². The summed E-state index contributed by atoms with van der Waals surface area (Å²) in [7, 11) is 0. The number of carbonyl (C=O) groups is 1. The van der Waals surface area contributed by atoms with E-state index in [9.17, 15) is 23.1 Å². The molecule has 1 aromatic carbocycles. The minimum absolute atomic E-state index is 0.298. The molecule has 0 fully saturated rings. The van der Waals surface area contributed by atoms with E-state index in [0.717, 1.165) is 23.4 Å². The van der Waals surface area contributed by atoms with Crippen molar-refractivity contribution in [1.29, 1.82) is 0 Å². The molecule has 0 unspecified atom stereocenters. The number of benzene rings is 1. The van der Waals surface area contributed by atoms with E-state index in [-0.39, 0.29) is 5.56 Å². The van der Waals surface area contributed by atoms with Gasteiger partial charge >= 0.3 is 6.18 Å². The van der Waals surface area contributed by atoms with Crippen LogP contribution < -0.4 is 4.90 Å². The highest BCUT2D eigenvalue weighted by Gasteiger charge is 2.40. The Kier molecular flexibility index (Phi) is 5.24. The average Bonchev–Trinajstić information content (AvgIpc) is 3.05. The van der Waals surface area contributed by atoms with Gasteiger partial charge in [0.25, 0.3) is 0 Å². The van der Waals surface area contributed by atoms with Crippen LogP contribution in [0.4, 0.5) is 19.0 Å². The average molecular weight is 382 g/mol. The number of hydrogen-bond acceptors (Lipinski definition) is 4. The molecule has 2 atom stereocenters. The van der Waals surface area contributed by atoms with Crippen LogP contribution in [0.1, 0.15) is 22.8 Å². The molecule has 0 radical (unpaired) electrons. The van der Waals surface area contributed by atoms with Crippen LogP contribution in [0.25, 0.3) is 0 Å². The second-order valence-corrected chi connectivity index (χ2v) is 6.89. The molecular formula is C18H17F3N2O2S. The van der Waals surface area contributed by atoms with Crippen molar-refractivity contribution in [3.05, 3.63) is 59.3 Å². The van der Waals surface area contributed by atoms with Crippen LogP contribution in [0, 0.1) is 0 Å². The first-order valence-electron chi connectivity index (χ1n) is 7.97. The molecule has 1 amide bonds. The van der Waals surface area contributed by atoms with Crippen molar-refractivity contribution in [3.8, 4) is 0 Å². The van der Waals surface area contributed by atoms with Crippen LogP contribution >= 0.6 is 11.8 Å². The van der Waals surface area contributed by atoms with Crippen molar-refractivity contribution in [2.75, 3.05) is 17.7 Å². The molecule has 1 N–H and O–H groups in total. The Hall–Kier alpha value is -2.06. The highest BCUT2D eigenvalue weighted by Crippen LogP contribution is 2.38. The molecule has 2 heterocycles. The molecule has 2 aromatic rings. The third-order valence-corrected chi connectivity index (χ3v) is 5.33. The Labute approximate surface area is 153 Å². The minimum atomic E-state index is -4.61. The van der Waals surface area contributed by atoms with E-state index in [2.05, 4.69) is 4.98 Å². The van der Waals surface area contributed by atoms with E-state index in [1.54, 1.807) is 18.5 Å². The van der Waals surface area contributed by atoms with Gasteiger partial charge in [0.1, 0.15) is 17.2 Å². The first-order chi connectivity index (χ1) is 12.3. The summed E-state index contributed by atoms with van der Waals surface area (Å²) in [6.07, 6.45) is -2.40. The SMILES string of the molecule is CS[C@@H](C(=O)N1CCc2cccnc21)[C@H](O)c1ccccc1C(F)(F)F. The zero-order valence-electron chi connectivity index (χ0n) is 13.9. The van der Waals surface area contributed by atoms with Crippen LogP contribution in [0.5, 0.6) is 0 Å². The lowest BCUT2D eigenvalue weighted by atomic mass is 9.99. The molecule has 1 aliphatic heterocycles. The Morgan fingerprint density at radius 2 is 2.00 bits per heavy atom. The summed E-state index contributed by atoms with van der Waals surface area (Å²) >= 11 is 1.03. The molecule has 0 spiro atoms. The minimum Gasteiger partial charge on any atom is -0.387 e. The lowest BCUT2D eigenvalue weighted by Crippen LogP contribution is -2.40. The number of aliphatic hydroxyl groups is 1. The molecule has 138 valence electrons. The molecule has 1 aromatic heterocycles. The number of hydrogen-bond donors (Lipinski definition) is 1. The summed E-state index contributed by atoms with van der Waals surface area (Å²) in [4.78, 5) is 18.6. The second kappa shape index (κ2) is 7.28. The summed E-state index contributed by atoms with van der Waals surface area (Å²) in [5.41, 5.74) is -0.321. The Morgan fingerprint density at radius 1 is 1.27 bits per heavy atom. The van der Waals surface area contributed by atoms with Crippen LogP contribution in [-0.4, -0.2) is 34.0 Å². The fourth-order valence-corrected chi connectivity index (χ4v) is 3.85. The quantitative estimate of drug-likeness (QED) is 0.880. The maximum atomic E-state index is 13.3. The molecule has 0 saturated carbocycles. The number of nitrogens with zero attached hydrogens (tertiary/aromatic N) is 2. The molecule has 3 rings (SSSR count). The van der Waals surface area contributed by atoms with E-state index in [4.69, 9.17) is 0 Å². The van der Waals surface area contributed by atoms with Crippen LogP contribution in [0.2, 0.25) is 0 Å². The van der Waals surface area contributed by atoms with E-state index in [0.29, 0.717) is 18.8 Å². The number of anilines is 1. The van der Waals surface area contributed by atoms with Crippen molar-refractivity contribution >= 4 is 23.5 Å². The predicted molar refractivity (Wildman–Crippen MR) is 94.0 cm³/mol. The van der Waals surface area contributed by atoms with Gasteiger partial charge < -0.3 is 5.11 Å². The van der Waals surface area contributed by atoms with Crippen LogP contribution in [0.15, 0.2) is 42.6 Å². The van der Waals surface area contributed by atoms with Crippen molar-refractivity contribution in [3.63, 3.8) is 0 Å². The number of pyridine rings is 1. The van der Waals surface area contributed by atoms with Gasteiger partial charge in [-0.3, -0.25) is 9.69 Å². The predicted octanol–water partition coefficient (Wildman–Crippen LogP) is 3.45. The van der Waals surface area contributed by atoms with Crippen LogP contribution in [-0.2, 0) is 17.4 Å². The largest absolute Gasteiger partial charge is 0.416 e. The maximum Gasteiger partial charge on any atom is 0.416 e. The van der Waals surface area contributed by atoms with Gasteiger partial charge in [-0.15, -0.1) is 11.8 Å².